The second-order valence-electron chi connectivity index (χ2n) is 4.37. The van der Waals surface area contributed by atoms with Crippen LogP contribution in [-0.4, -0.2) is 29.0 Å². The molecule has 96 valence electrons. The Kier molecular flexibility index (Phi) is 2.87. The van der Waals surface area contributed by atoms with Crippen molar-refractivity contribution >= 4 is 11.6 Å². The van der Waals surface area contributed by atoms with Crippen molar-refractivity contribution in [1.82, 2.24) is 9.97 Å². The monoisotopic (exact) mass is 255 g/mol. The van der Waals surface area contributed by atoms with Crippen LogP contribution in [0.2, 0.25) is 0 Å². The fraction of sp³-hybridized carbons (Fsp3) is 0.214. The summed E-state index contributed by atoms with van der Waals surface area (Å²) in [5.74, 6) is 0.581. The highest BCUT2D eigenvalue weighted by Crippen LogP contribution is 2.32. The number of carbonyl (C=O) groups excluding carboxylic acids is 1. The molecule has 1 aliphatic heterocycles. The van der Waals surface area contributed by atoms with E-state index in [0.717, 1.165) is 17.0 Å². The fourth-order valence-corrected chi connectivity index (χ4v) is 2.09. The quantitative estimate of drug-likeness (QED) is 0.780. The van der Waals surface area contributed by atoms with E-state index >= 15 is 0 Å². The number of ether oxygens (including phenoxy) is 1. The molecular weight excluding hydrogens is 242 g/mol. The lowest BCUT2D eigenvalue weighted by molar-refractivity contribution is 0.0971. The van der Waals surface area contributed by atoms with E-state index in [2.05, 4.69) is 9.97 Å². The second-order valence-corrected chi connectivity index (χ2v) is 4.37. The summed E-state index contributed by atoms with van der Waals surface area (Å²) in [5, 5.41) is 0. The van der Waals surface area contributed by atoms with Gasteiger partial charge >= 0.3 is 0 Å². The van der Waals surface area contributed by atoms with Crippen molar-refractivity contribution in [3.63, 3.8) is 0 Å². The van der Waals surface area contributed by atoms with Crippen LogP contribution in [0.1, 0.15) is 16.1 Å². The molecule has 0 aliphatic carbocycles. The van der Waals surface area contributed by atoms with Crippen LogP contribution < -0.4 is 9.64 Å². The first kappa shape index (κ1) is 11.6. The molecule has 1 aliphatic rings. The van der Waals surface area contributed by atoms with Crippen LogP contribution in [-0.2, 0) is 0 Å². The van der Waals surface area contributed by atoms with E-state index < -0.39 is 0 Å². The van der Waals surface area contributed by atoms with Crippen LogP contribution in [0.4, 0.5) is 5.69 Å². The molecule has 0 unspecified atom stereocenters. The summed E-state index contributed by atoms with van der Waals surface area (Å²) in [5.41, 5.74) is 2.22. The van der Waals surface area contributed by atoms with Gasteiger partial charge in [0.25, 0.3) is 5.91 Å². The Hall–Kier alpha value is -2.43. The van der Waals surface area contributed by atoms with Crippen molar-refractivity contribution < 1.29 is 9.53 Å². The van der Waals surface area contributed by atoms with Gasteiger partial charge < -0.3 is 9.64 Å². The third kappa shape index (κ3) is 2.14. The first-order valence-corrected chi connectivity index (χ1v) is 6.07. The van der Waals surface area contributed by atoms with E-state index in [4.69, 9.17) is 4.74 Å². The summed E-state index contributed by atoms with van der Waals surface area (Å²) in [6.07, 6.45) is 4.55. The second kappa shape index (κ2) is 4.68. The zero-order valence-corrected chi connectivity index (χ0v) is 10.5. The minimum Gasteiger partial charge on any atom is -0.490 e. The minimum absolute atomic E-state index is 0.150. The van der Waals surface area contributed by atoms with Crippen molar-refractivity contribution in [1.29, 1.82) is 0 Å². The van der Waals surface area contributed by atoms with Gasteiger partial charge in [-0.3, -0.25) is 9.78 Å². The Labute approximate surface area is 110 Å². The van der Waals surface area contributed by atoms with Gasteiger partial charge in [-0.2, -0.15) is 0 Å². The van der Waals surface area contributed by atoms with Crippen LogP contribution >= 0.6 is 0 Å². The number of aryl methyl sites for hydroxylation is 1. The molecule has 0 radical (unpaired) electrons. The summed E-state index contributed by atoms with van der Waals surface area (Å²) in [7, 11) is 0. The lowest BCUT2D eigenvalue weighted by atomic mass is 10.1. The summed E-state index contributed by atoms with van der Waals surface area (Å²) < 4.78 is 5.56. The Bertz CT molecular complexity index is 613. The molecule has 0 saturated heterocycles. The lowest BCUT2D eigenvalue weighted by Crippen LogP contribution is -2.38. The average molecular weight is 255 g/mol. The van der Waals surface area contributed by atoms with Gasteiger partial charge in [0.1, 0.15) is 18.1 Å². The number of aromatic nitrogens is 2. The molecule has 0 bridgehead atoms. The van der Waals surface area contributed by atoms with E-state index in [0.29, 0.717) is 18.8 Å². The molecule has 0 N–H and O–H groups in total. The number of hydrogen-bond donors (Lipinski definition) is 0. The molecule has 19 heavy (non-hydrogen) atoms. The number of rotatable bonds is 1. The first-order chi connectivity index (χ1) is 9.25. The Morgan fingerprint density at radius 2 is 2.26 bits per heavy atom. The van der Waals surface area contributed by atoms with E-state index in [1.165, 1.54) is 12.4 Å². The first-order valence-electron chi connectivity index (χ1n) is 6.07. The lowest BCUT2D eigenvalue weighted by Gasteiger charge is -2.29. The molecule has 2 heterocycles. The minimum atomic E-state index is -0.150. The molecule has 0 spiro atoms. The van der Waals surface area contributed by atoms with Gasteiger partial charge in [0.05, 0.1) is 18.4 Å². The molecule has 1 aromatic carbocycles. The van der Waals surface area contributed by atoms with Crippen LogP contribution in [0.5, 0.6) is 5.75 Å². The molecular formula is C14H13N3O2. The van der Waals surface area contributed by atoms with Crippen molar-refractivity contribution in [2.24, 2.45) is 0 Å². The molecule has 2 aromatic rings. The molecule has 5 heteroatoms. The van der Waals surface area contributed by atoms with Gasteiger partial charge in [0, 0.05) is 12.4 Å². The number of hydrogen-bond acceptors (Lipinski definition) is 4. The van der Waals surface area contributed by atoms with Crippen LogP contribution in [0.15, 0.2) is 36.8 Å². The molecule has 1 amide bonds. The van der Waals surface area contributed by atoms with Gasteiger partial charge in [-0.15, -0.1) is 0 Å². The normalized spacial score (nSPS) is 13.6. The zero-order valence-electron chi connectivity index (χ0n) is 10.5. The summed E-state index contributed by atoms with van der Waals surface area (Å²) in [4.78, 5) is 22.1. The summed E-state index contributed by atoms with van der Waals surface area (Å²) in [6, 6.07) is 5.80. The standard InChI is InChI=1S/C14H13N3O2/c1-10-2-3-13-12(8-10)17(6-7-19-13)14(18)11-9-15-4-5-16-11/h2-5,8-9H,6-7H2,1H3. The third-order valence-corrected chi connectivity index (χ3v) is 3.01. The Morgan fingerprint density at radius 3 is 3.05 bits per heavy atom. The molecule has 0 fully saturated rings. The maximum atomic E-state index is 12.4. The van der Waals surface area contributed by atoms with Crippen molar-refractivity contribution in [2.75, 3.05) is 18.1 Å². The number of nitrogens with zero attached hydrogens (tertiary/aromatic N) is 3. The predicted octanol–water partition coefficient (Wildman–Crippen LogP) is 1.82. The van der Waals surface area contributed by atoms with E-state index in [9.17, 15) is 4.79 Å². The van der Waals surface area contributed by atoms with E-state index in [1.54, 1.807) is 11.1 Å². The molecule has 0 saturated carbocycles. The topological polar surface area (TPSA) is 55.3 Å². The maximum absolute atomic E-state index is 12.4. The Morgan fingerprint density at radius 1 is 1.37 bits per heavy atom. The van der Waals surface area contributed by atoms with Gasteiger partial charge in [-0.05, 0) is 24.6 Å². The highest BCUT2D eigenvalue weighted by atomic mass is 16.5. The zero-order chi connectivity index (χ0) is 13.2. The van der Waals surface area contributed by atoms with E-state index in [1.807, 2.05) is 25.1 Å². The maximum Gasteiger partial charge on any atom is 0.278 e. The molecule has 1 aromatic heterocycles. The van der Waals surface area contributed by atoms with Gasteiger partial charge in [0.2, 0.25) is 0 Å². The number of amides is 1. The average Bonchev–Trinajstić information content (AvgIpc) is 2.47. The number of carbonyl (C=O) groups is 1. The van der Waals surface area contributed by atoms with Crippen molar-refractivity contribution in [3.8, 4) is 5.75 Å². The van der Waals surface area contributed by atoms with Crippen LogP contribution in [0, 0.1) is 6.92 Å². The highest BCUT2D eigenvalue weighted by molar-refractivity contribution is 6.05. The molecule has 3 rings (SSSR count). The molecule has 5 nitrogen and oxygen atoms in total. The smallest absolute Gasteiger partial charge is 0.278 e. The molecule has 0 atom stereocenters. The van der Waals surface area contributed by atoms with Crippen LogP contribution in [0.25, 0.3) is 0 Å². The summed E-state index contributed by atoms with van der Waals surface area (Å²) >= 11 is 0. The van der Waals surface area contributed by atoms with E-state index in [-0.39, 0.29) is 5.91 Å². The van der Waals surface area contributed by atoms with Gasteiger partial charge in [-0.25, -0.2) is 4.98 Å². The third-order valence-electron chi connectivity index (χ3n) is 3.01. The summed E-state index contributed by atoms with van der Waals surface area (Å²) in [6.45, 7) is 2.99. The van der Waals surface area contributed by atoms with Gasteiger partial charge in [0.15, 0.2) is 0 Å². The number of anilines is 1. The SMILES string of the molecule is Cc1ccc2c(c1)N(C(=O)c1cnccn1)CCO2. The predicted molar refractivity (Wildman–Crippen MR) is 70.4 cm³/mol. The Balaban J connectivity index is 2.00. The highest BCUT2D eigenvalue weighted by Gasteiger charge is 2.25. The number of fused-ring (bicyclic) bond motifs is 1. The van der Waals surface area contributed by atoms with Crippen molar-refractivity contribution in [3.05, 3.63) is 48.0 Å². The fourth-order valence-electron chi connectivity index (χ4n) is 2.09. The number of benzene rings is 1. The largest absolute Gasteiger partial charge is 0.490 e. The van der Waals surface area contributed by atoms with Crippen molar-refractivity contribution in [2.45, 2.75) is 6.92 Å². The van der Waals surface area contributed by atoms with Gasteiger partial charge in [-0.1, -0.05) is 6.07 Å². The van der Waals surface area contributed by atoms with Crippen LogP contribution in [0.3, 0.4) is 0 Å².